The lowest BCUT2D eigenvalue weighted by molar-refractivity contribution is 0.275. The molecule has 0 bridgehead atoms. The zero-order chi connectivity index (χ0) is 14.6. The molecule has 1 aromatic rings. The average molecular weight is 298 g/mol. The van der Waals surface area contributed by atoms with Gasteiger partial charge in [0.25, 0.3) is 10.2 Å². The van der Waals surface area contributed by atoms with E-state index in [0.29, 0.717) is 25.6 Å². The van der Waals surface area contributed by atoms with E-state index in [1.807, 2.05) is 13.0 Å². The van der Waals surface area contributed by atoms with Crippen LogP contribution in [-0.2, 0) is 16.8 Å². The third kappa shape index (κ3) is 3.76. The number of hydrogen-bond donors (Lipinski definition) is 2. The Hall–Kier alpha value is -1.02. The van der Waals surface area contributed by atoms with Crippen molar-refractivity contribution in [2.45, 2.75) is 26.3 Å². The predicted octanol–water partition coefficient (Wildman–Crippen LogP) is 0.395. The van der Waals surface area contributed by atoms with Crippen LogP contribution in [0.15, 0.2) is 18.5 Å². The van der Waals surface area contributed by atoms with Crippen LogP contribution in [-0.4, -0.2) is 37.3 Å². The summed E-state index contributed by atoms with van der Waals surface area (Å²) in [6.07, 6.45) is 5.07. The first-order chi connectivity index (χ1) is 9.53. The molecule has 2 heterocycles. The Balaban J connectivity index is 1.93. The third-order valence-corrected chi connectivity index (χ3v) is 5.39. The van der Waals surface area contributed by atoms with E-state index >= 15 is 0 Å². The van der Waals surface area contributed by atoms with E-state index in [4.69, 9.17) is 5.73 Å². The summed E-state index contributed by atoms with van der Waals surface area (Å²) < 4.78 is 28.6. The maximum atomic E-state index is 12.2. The molecule has 0 aromatic carbocycles. The van der Waals surface area contributed by atoms with Crippen molar-refractivity contribution >= 4 is 10.2 Å². The molecule has 2 rings (SSSR count). The van der Waals surface area contributed by atoms with Gasteiger partial charge in [0, 0.05) is 32.0 Å². The van der Waals surface area contributed by atoms with Gasteiger partial charge in [-0.1, -0.05) is 0 Å². The molecule has 112 valence electrons. The molecule has 0 spiro atoms. The van der Waals surface area contributed by atoms with Crippen molar-refractivity contribution in [3.05, 3.63) is 29.6 Å². The van der Waals surface area contributed by atoms with Crippen molar-refractivity contribution in [1.29, 1.82) is 0 Å². The Labute approximate surface area is 120 Å². The van der Waals surface area contributed by atoms with E-state index in [1.54, 1.807) is 12.4 Å². The van der Waals surface area contributed by atoms with Crippen LogP contribution in [0.5, 0.6) is 0 Å². The first kappa shape index (κ1) is 15.4. The molecule has 0 radical (unpaired) electrons. The molecule has 1 aliphatic rings. The van der Waals surface area contributed by atoms with Crippen LogP contribution >= 0.6 is 0 Å². The minimum absolute atomic E-state index is 0.277. The lowest BCUT2D eigenvalue weighted by Gasteiger charge is -2.30. The van der Waals surface area contributed by atoms with Gasteiger partial charge < -0.3 is 5.73 Å². The van der Waals surface area contributed by atoms with Gasteiger partial charge in [-0.3, -0.25) is 4.98 Å². The van der Waals surface area contributed by atoms with Gasteiger partial charge in [-0.15, -0.1) is 0 Å². The number of pyridine rings is 1. The van der Waals surface area contributed by atoms with Crippen LogP contribution in [0.3, 0.4) is 0 Å². The minimum atomic E-state index is -3.42. The summed E-state index contributed by atoms with van der Waals surface area (Å²) in [6, 6.07) is 1.87. The van der Waals surface area contributed by atoms with E-state index in [9.17, 15) is 8.42 Å². The molecule has 0 saturated carbocycles. The van der Waals surface area contributed by atoms with Gasteiger partial charge in [0.15, 0.2) is 0 Å². The van der Waals surface area contributed by atoms with Crippen molar-refractivity contribution in [3.63, 3.8) is 0 Å². The molecule has 1 saturated heterocycles. The maximum absolute atomic E-state index is 12.2. The number of hydrogen-bond acceptors (Lipinski definition) is 4. The monoisotopic (exact) mass is 298 g/mol. The molecule has 0 atom stereocenters. The second-order valence-electron chi connectivity index (χ2n) is 5.21. The molecule has 0 aliphatic carbocycles. The molecular formula is C13H22N4O2S. The van der Waals surface area contributed by atoms with Crippen molar-refractivity contribution in [3.8, 4) is 0 Å². The van der Waals surface area contributed by atoms with Crippen molar-refractivity contribution in [2.24, 2.45) is 11.7 Å². The molecule has 6 nitrogen and oxygen atoms in total. The highest BCUT2D eigenvalue weighted by molar-refractivity contribution is 7.87. The smallest absolute Gasteiger partial charge is 0.279 e. The van der Waals surface area contributed by atoms with Gasteiger partial charge >= 0.3 is 0 Å². The Morgan fingerprint density at radius 1 is 1.45 bits per heavy atom. The SMILES string of the molecule is Cc1ccncc1CNS(=O)(=O)N1CCC(CN)CC1. The van der Waals surface area contributed by atoms with Crippen LogP contribution in [0.4, 0.5) is 0 Å². The topological polar surface area (TPSA) is 88.3 Å². The fourth-order valence-electron chi connectivity index (χ4n) is 2.33. The lowest BCUT2D eigenvalue weighted by Crippen LogP contribution is -2.45. The molecule has 20 heavy (non-hydrogen) atoms. The van der Waals surface area contributed by atoms with Gasteiger partial charge in [0.05, 0.1) is 0 Å². The first-order valence-corrected chi connectivity index (χ1v) is 8.31. The zero-order valence-electron chi connectivity index (χ0n) is 11.7. The number of nitrogens with two attached hydrogens (primary N) is 1. The van der Waals surface area contributed by atoms with Crippen LogP contribution in [0, 0.1) is 12.8 Å². The fourth-order valence-corrected chi connectivity index (χ4v) is 3.54. The maximum Gasteiger partial charge on any atom is 0.279 e. The predicted molar refractivity (Wildman–Crippen MR) is 78.1 cm³/mol. The highest BCUT2D eigenvalue weighted by Gasteiger charge is 2.27. The van der Waals surface area contributed by atoms with Crippen LogP contribution < -0.4 is 10.5 Å². The molecule has 0 amide bonds. The normalized spacial score (nSPS) is 18.3. The van der Waals surface area contributed by atoms with Gasteiger partial charge in [0.2, 0.25) is 0 Å². The Morgan fingerprint density at radius 3 is 2.75 bits per heavy atom. The molecule has 7 heteroatoms. The third-order valence-electron chi connectivity index (χ3n) is 3.84. The second-order valence-corrected chi connectivity index (χ2v) is 6.96. The second kappa shape index (κ2) is 6.62. The Morgan fingerprint density at radius 2 is 2.15 bits per heavy atom. The van der Waals surface area contributed by atoms with Crippen LogP contribution in [0.25, 0.3) is 0 Å². The van der Waals surface area contributed by atoms with Gasteiger partial charge in [-0.05, 0) is 49.4 Å². The van der Waals surface area contributed by atoms with Gasteiger partial charge in [0.1, 0.15) is 0 Å². The molecule has 1 aliphatic heterocycles. The summed E-state index contributed by atoms with van der Waals surface area (Å²) in [6.45, 7) is 3.94. The first-order valence-electron chi connectivity index (χ1n) is 6.87. The highest BCUT2D eigenvalue weighted by atomic mass is 32.2. The molecular weight excluding hydrogens is 276 g/mol. The summed E-state index contributed by atoms with van der Waals surface area (Å²) in [5.41, 5.74) is 7.55. The fraction of sp³-hybridized carbons (Fsp3) is 0.615. The number of nitrogens with zero attached hydrogens (tertiary/aromatic N) is 2. The molecule has 1 fully saturated rings. The largest absolute Gasteiger partial charge is 0.330 e. The average Bonchev–Trinajstić information content (AvgIpc) is 2.46. The van der Waals surface area contributed by atoms with Crippen LogP contribution in [0.1, 0.15) is 24.0 Å². The van der Waals surface area contributed by atoms with E-state index in [-0.39, 0.29) is 6.54 Å². The number of rotatable bonds is 5. The molecule has 0 unspecified atom stereocenters. The van der Waals surface area contributed by atoms with Gasteiger partial charge in [-0.25, -0.2) is 0 Å². The van der Waals surface area contributed by atoms with Crippen LogP contribution in [0.2, 0.25) is 0 Å². The summed E-state index contributed by atoms with van der Waals surface area (Å²) in [5, 5.41) is 0. The number of aryl methyl sites for hydroxylation is 1. The number of piperidine rings is 1. The molecule has 3 N–H and O–H groups in total. The molecule has 1 aromatic heterocycles. The van der Waals surface area contributed by atoms with Crippen molar-refractivity contribution in [2.75, 3.05) is 19.6 Å². The lowest BCUT2D eigenvalue weighted by atomic mass is 9.99. The summed E-state index contributed by atoms with van der Waals surface area (Å²) in [5.74, 6) is 0.446. The van der Waals surface area contributed by atoms with Crippen molar-refractivity contribution < 1.29 is 8.42 Å². The minimum Gasteiger partial charge on any atom is -0.330 e. The van der Waals surface area contributed by atoms with E-state index in [2.05, 4.69) is 9.71 Å². The quantitative estimate of drug-likeness (QED) is 0.823. The standard InChI is InChI=1S/C13H22N4O2S/c1-11-2-5-15-9-13(11)10-16-20(18,19)17-6-3-12(8-14)4-7-17/h2,5,9,12,16H,3-4,6-8,10,14H2,1H3. The summed E-state index contributed by atoms with van der Waals surface area (Å²) in [4.78, 5) is 4.02. The van der Waals surface area contributed by atoms with E-state index in [0.717, 1.165) is 24.0 Å². The highest BCUT2D eigenvalue weighted by Crippen LogP contribution is 2.18. The summed E-state index contributed by atoms with van der Waals surface area (Å²) >= 11 is 0. The number of aromatic nitrogens is 1. The Kier molecular flexibility index (Phi) is 5.09. The summed E-state index contributed by atoms with van der Waals surface area (Å²) in [7, 11) is -3.42. The van der Waals surface area contributed by atoms with E-state index < -0.39 is 10.2 Å². The van der Waals surface area contributed by atoms with Crippen molar-refractivity contribution in [1.82, 2.24) is 14.0 Å². The number of nitrogens with one attached hydrogen (secondary N) is 1. The Bertz CT molecular complexity index is 539. The van der Waals surface area contributed by atoms with Gasteiger partial charge in [-0.2, -0.15) is 17.4 Å². The zero-order valence-corrected chi connectivity index (χ0v) is 12.6. The van der Waals surface area contributed by atoms with E-state index in [1.165, 1.54) is 4.31 Å².